The van der Waals surface area contributed by atoms with Crippen molar-refractivity contribution < 1.29 is 13.2 Å². The van der Waals surface area contributed by atoms with Crippen LogP contribution in [0.3, 0.4) is 0 Å². The first-order valence-electron chi connectivity index (χ1n) is 9.15. The van der Waals surface area contributed by atoms with E-state index in [9.17, 15) is 8.42 Å². The number of methoxy groups -OCH3 is 1. The summed E-state index contributed by atoms with van der Waals surface area (Å²) in [5.41, 5.74) is 2.15. The summed E-state index contributed by atoms with van der Waals surface area (Å²) < 4.78 is 31.8. The van der Waals surface area contributed by atoms with Gasteiger partial charge in [-0.1, -0.05) is 42.5 Å². The lowest BCUT2D eigenvalue weighted by Crippen LogP contribution is -2.48. The topological polar surface area (TPSA) is 49.9 Å². The van der Waals surface area contributed by atoms with Gasteiger partial charge in [-0.2, -0.15) is 4.31 Å². The van der Waals surface area contributed by atoms with Crippen LogP contribution in [-0.2, 0) is 16.4 Å². The van der Waals surface area contributed by atoms with E-state index in [0.29, 0.717) is 13.1 Å². The minimum Gasteiger partial charge on any atom is -0.497 e. The molecule has 0 amide bonds. The van der Waals surface area contributed by atoms with Gasteiger partial charge < -0.3 is 9.64 Å². The van der Waals surface area contributed by atoms with Crippen molar-refractivity contribution in [3.63, 3.8) is 0 Å². The fourth-order valence-corrected chi connectivity index (χ4v) is 4.28. The predicted octanol–water partition coefficient (Wildman–Crippen LogP) is 2.86. The average molecular weight is 387 g/mol. The van der Waals surface area contributed by atoms with Crippen molar-refractivity contribution in [2.24, 2.45) is 0 Å². The maximum absolute atomic E-state index is 12.5. The zero-order valence-electron chi connectivity index (χ0n) is 15.6. The molecule has 0 aliphatic carbocycles. The quantitative estimate of drug-likeness (QED) is 0.734. The molecule has 0 spiro atoms. The summed E-state index contributed by atoms with van der Waals surface area (Å²) in [5.74, 6) is 0.862. The molecule has 5 nitrogen and oxygen atoms in total. The van der Waals surface area contributed by atoms with Gasteiger partial charge in [0.25, 0.3) is 0 Å². The van der Waals surface area contributed by atoms with E-state index in [1.807, 2.05) is 42.5 Å². The number of piperazine rings is 1. The Morgan fingerprint density at radius 3 is 2.26 bits per heavy atom. The third kappa shape index (κ3) is 5.66. The number of hydrogen-bond donors (Lipinski definition) is 0. The van der Waals surface area contributed by atoms with E-state index in [-0.39, 0.29) is 0 Å². The highest BCUT2D eigenvalue weighted by Gasteiger charge is 2.24. The zero-order chi connectivity index (χ0) is 19.1. The van der Waals surface area contributed by atoms with Crippen LogP contribution in [0.5, 0.6) is 5.75 Å². The minimum atomic E-state index is -3.37. The van der Waals surface area contributed by atoms with E-state index in [0.717, 1.165) is 37.4 Å². The third-order valence-corrected chi connectivity index (χ3v) is 6.36. The van der Waals surface area contributed by atoms with Crippen LogP contribution >= 0.6 is 0 Å². The Morgan fingerprint density at radius 1 is 0.963 bits per heavy atom. The van der Waals surface area contributed by atoms with Crippen molar-refractivity contribution >= 4 is 16.1 Å². The summed E-state index contributed by atoms with van der Waals surface area (Å²) in [7, 11) is -1.70. The van der Waals surface area contributed by atoms with Gasteiger partial charge in [0, 0.05) is 38.1 Å². The number of ether oxygens (including phenoxy) is 1. The van der Waals surface area contributed by atoms with E-state index in [1.165, 1.54) is 11.0 Å². The Bertz CT molecular complexity index is 841. The molecule has 3 rings (SSSR count). The minimum absolute atomic E-state index is 0.532. The summed E-state index contributed by atoms with van der Waals surface area (Å²) in [6.07, 6.45) is 2.61. The molecule has 144 valence electrons. The highest BCUT2D eigenvalue weighted by molar-refractivity contribution is 7.92. The normalized spacial score (nSPS) is 16.6. The van der Waals surface area contributed by atoms with E-state index < -0.39 is 10.0 Å². The standard InChI is InChI=1S/C21H26N2O3S/c1-26-21-9-7-20(8-10-21)11-13-22-14-16-23(17-15-22)27(24,25)18-12-19-5-3-2-4-6-19/h2-10,12,18H,11,13-17H2,1H3/b18-12+. The van der Waals surface area contributed by atoms with Gasteiger partial charge in [-0.3, -0.25) is 0 Å². The molecule has 0 bridgehead atoms. The SMILES string of the molecule is COc1ccc(CCN2CCN(S(=O)(=O)/C=C/c3ccccc3)CC2)cc1. The Labute approximate surface area is 161 Å². The summed E-state index contributed by atoms with van der Waals surface area (Å²) >= 11 is 0. The second-order valence-electron chi connectivity index (χ2n) is 6.60. The van der Waals surface area contributed by atoms with Crippen molar-refractivity contribution in [3.8, 4) is 5.75 Å². The van der Waals surface area contributed by atoms with Gasteiger partial charge in [0.15, 0.2) is 0 Å². The molecule has 27 heavy (non-hydrogen) atoms. The van der Waals surface area contributed by atoms with Crippen LogP contribution < -0.4 is 4.74 Å². The van der Waals surface area contributed by atoms with Gasteiger partial charge in [0.1, 0.15) is 5.75 Å². The maximum Gasteiger partial charge on any atom is 0.236 e. The number of nitrogens with zero attached hydrogens (tertiary/aromatic N) is 2. The molecule has 0 unspecified atom stereocenters. The van der Waals surface area contributed by atoms with Gasteiger partial charge in [-0.25, -0.2) is 8.42 Å². The van der Waals surface area contributed by atoms with Crippen molar-refractivity contribution in [1.29, 1.82) is 0 Å². The van der Waals surface area contributed by atoms with Gasteiger partial charge in [0.2, 0.25) is 10.0 Å². The number of rotatable bonds is 7. The number of sulfonamides is 1. The van der Waals surface area contributed by atoms with Gasteiger partial charge in [-0.15, -0.1) is 0 Å². The van der Waals surface area contributed by atoms with Crippen LogP contribution in [0.1, 0.15) is 11.1 Å². The average Bonchev–Trinajstić information content (AvgIpc) is 2.72. The highest BCUT2D eigenvalue weighted by atomic mass is 32.2. The first kappa shape index (κ1) is 19.6. The van der Waals surface area contributed by atoms with E-state index in [2.05, 4.69) is 17.0 Å². The van der Waals surface area contributed by atoms with Crippen LogP contribution in [0, 0.1) is 0 Å². The molecule has 0 N–H and O–H groups in total. The fraction of sp³-hybridized carbons (Fsp3) is 0.333. The second kappa shape index (κ2) is 9.17. The van der Waals surface area contributed by atoms with Crippen LogP contribution in [0.2, 0.25) is 0 Å². The summed E-state index contributed by atoms with van der Waals surface area (Å²) in [4.78, 5) is 2.32. The highest BCUT2D eigenvalue weighted by Crippen LogP contribution is 2.14. The molecule has 0 saturated carbocycles. The van der Waals surface area contributed by atoms with Crippen LogP contribution in [0.25, 0.3) is 6.08 Å². The molecule has 0 aromatic heterocycles. The molecule has 6 heteroatoms. The van der Waals surface area contributed by atoms with Crippen molar-refractivity contribution in [3.05, 3.63) is 71.1 Å². The largest absolute Gasteiger partial charge is 0.497 e. The number of benzene rings is 2. The van der Waals surface area contributed by atoms with Crippen LogP contribution in [0.4, 0.5) is 0 Å². The van der Waals surface area contributed by atoms with E-state index in [1.54, 1.807) is 17.5 Å². The third-order valence-electron chi connectivity index (χ3n) is 4.80. The molecule has 0 radical (unpaired) electrons. The Balaban J connectivity index is 1.48. The lowest BCUT2D eigenvalue weighted by atomic mass is 10.1. The van der Waals surface area contributed by atoms with Gasteiger partial charge in [-0.05, 0) is 35.8 Å². The summed E-state index contributed by atoms with van der Waals surface area (Å²) in [5, 5.41) is 1.31. The molecule has 2 aromatic carbocycles. The predicted molar refractivity (Wildman–Crippen MR) is 109 cm³/mol. The summed E-state index contributed by atoms with van der Waals surface area (Å²) in [6, 6.07) is 17.6. The summed E-state index contributed by atoms with van der Waals surface area (Å²) in [6.45, 7) is 3.51. The molecular weight excluding hydrogens is 360 g/mol. The number of hydrogen-bond acceptors (Lipinski definition) is 4. The van der Waals surface area contributed by atoms with Crippen molar-refractivity contribution in [2.75, 3.05) is 39.8 Å². The van der Waals surface area contributed by atoms with Gasteiger partial charge in [0.05, 0.1) is 7.11 Å². The van der Waals surface area contributed by atoms with Crippen LogP contribution in [-0.4, -0.2) is 57.5 Å². The molecule has 1 heterocycles. The maximum atomic E-state index is 12.5. The molecule has 0 atom stereocenters. The Kier molecular flexibility index (Phi) is 6.66. The first-order chi connectivity index (χ1) is 13.1. The Morgan fingerprint density at radius 2 is 1.63 bits per heavy atom. The molecule has 1 aliphatic heterocycles. The Hall–Kier alpha value is -2.15. The fourth-order valence-electron chi connectivity index (χ4n) is 3.10. The van der Waals surface area contributed by atoms with Crippen LogP contribution in [0.15, 0.2) is 60.0 Å². The second-order valence-corrected chi connectivity index (χ2v) is 8.42. The monoisotopic (exact) mass is 386 g/mol. The molecular formula is C21H26N2O3S. The van der Waals surface area contributed by atoms with Crippen molar-refractivity contribution in [2.45, 2.75) is 6.42 Å². The van der Waals surface area contributed by atoms with Crippen molar-refractivity contribution in [1.82, 2.24) is 9.21 Å². The lowest BCUT2D eigenvalue weighted by molar-refractivity contribution is 0.191. The smallest absolute Gasteiger partial charge is 0.236 e. The lowest BCUT2D eigenvalue weighted by Gasteiger charge is -2.33. The van der Waals surface area contributed by atoms with E-state index in [4.69, 9.17) is 4.74 Å². The molecule has 1 fully saturated rings. The van der Waals surface area contributed by atoms with Gasteiger partial charge >= 0.3 is 0 Å². The van der Waals surface area contributed by atoms with E-state index >= 15 is 0 Å². The first-order valence-corrected chi connectivity index (χ1v) is 10.7. The molecule has 1 aliphatic rings. The zero-order valence-corrected chi connectivity index (χ0v) is 16.4. The molecule has 1 saturated heterocycles. The molecule has 2 aromatic rings.